The van der Waals surface area contributed by atoms with Crippen molar-refractivity contribution in [3.8, 4) is 0 Å². The first kappa shape index (κ1) is 13.7. The molecule has 3 N–H and O–H groups in total. The predicted molar refractivity (Wildman–Crippen MR) is 74.4 cm³/mol. The van der Waals surface area contributed by atoms with Gasteiger partial charge in [-0.15, -0.1) is 0 Å². The molecule has 1 aliphatic carbocycles. The van der Waals surface area contributed by atoms with Gasteiger partial charge in [0, 0.05) is 13.1 Å². The molecule has 4 heteroatoms. The molecule has 0 bridgehead atoms. The summed E-state index contributed by atoms with van der Waals surface area (Å²) in [5, 5.41) is 10.5. The maximum Gasteiger partial charge on any atom is 0.191 e. The number of rotatable bonds is 2. The van der Waals surface area contributed by atoms with E-state index in [1.54, 1.807) is 0 Å². The Balaban J connectivity index is 1.92. The smallest absolute Gasteiger partial charge is 0.191 e. The van der Waals surface area contributed by atoms with Crippen LogP contribution in [0.1, 0.15) is 46.0 Å². The Morgan fingerprint density at radius 2 is 2.17 bits per heavy atom. The second kappa shape index (κ2) is 5.47. The van der Waals surface area contributed by atoms with Gasteiger partial charge in [0.05, 0.1) is 12.1 Å². The summed E-state index contributed by atoms with van der Waals surface area (Å²) in [5.41, 5.74) is 5.44. The minimum absolute atomic E-state index is 0.342. The maximum absolute atomic E-state index is 10.5. The van der Waals surface area contributed by atoms with E-state index in [2.05, 4.69) is 23.7 Å². The summed E-state index contributed by atoms with van der Waals surface area (Å²) in [6, 6.07) is 0. The molecular formula is C14H27N3O. The second-order valence-corrected chi connectivity index (χ2v) is 6.26. The lowest BCUT2D eigenvalue weighted by molar-refractivity contribution is 0.0184. The molecule has 1 heterocycles. The average Bonchev–Trinajstić information content (AvgIpc) is 2.67. The van der Waals surface area contributed by atoms with E-state index in [9.17, 15) is 5.11 Å². The van der Waals surface area contributed by atoms with E-state index in [0.717, 1.165) is 32.4 Å². The van der Waals surface area contributed by atoms with Crippen LogP contribution in [-0.4, -0.2) is 41.2 Å². The molecule has 18 heavy (non-hydrogen) atoms. The molecule has 1 saturated heterocycles. The Bertz CT molecular complexity index is 318. The predicted octanol–water partition coefficient (Wildman–Crippen LogP) is 1.58. The lowest BCUT2D eigenvalue weighted by Gasteiger charge is -2.32. The first-order valence-electron chi connectivity index (χ1n) is 7.28. The largest absolute Gasteiger partial charge is 0.388 e. The van der Waals surface area contributed by atoms with Gasteiger partial charge >= 0.3 is 0 Å². The fourth-order valence-electron chi connectivity index (χ4n) is 3.18. The summed E-state index contributed by atoms with van der Waals surface area (Å²) >= 11 is 0. The van der Waals surface area contributed by atoms with Gasteiger partial charge in [0.2, 0.25) is 0 Å². The third kappa shape index (κ3) is 2.97. The molecule has 1 aliphatic heterocycles. The van der Waals surface area contributed by atoms with Crippen LogP contribution in [0.25, 0.3) is 0 Å². The molecule has 0 aromatic carbocycles. The van der Waals surface area contributed by atoms with Crippen LogP contribution in [0.4, 0.5) is 0 Å². The van der Waals surface area contributed by atoms with Gasteiger partial charge in [-0.25, -0.2) is 0 Å². The fourth-order valence-corrected chi connectivity index (χ4v) is 3.18. The topological polar surface area (TPSA) is 61.8 Å². The lowest BCUT2D eigenvalue weighted by Crippen LogP contribution is -2.45. The number of aliphatic imine (C=N–C) groups is 1. The monoisotopic (exact) mass is 253 g/mol. The zero-order chi connectivity index (χ0) is 13.2. The maximum atomic E-state index is 10.5. The van der Waals surface area contributed by atoms with Crippen LogP contribution in [0.15, 0.2) is 4.99 Å². The summed E-state index contributed by atoms with van der Waals surface area (Å²) < 4.78 is 0. The molecule has 2 aliphatic rings. The number of hydrogen-bond acceptors (Lipinski definition) is 2. The van der Waals surface area contributed by atoms with Gasteiger partial charge in [-0.1, -0.05) is 20.3 Å². The van der Waals surface area contributed by atoms with Crippen molar-refractivity contribution in [2.45, 2.75) is 51.6 Å². The van der Waals surface area contributed by atoms with Gasteiger partial charge in [-0.3, -0.25) is 4.99 Å². The van der Waals surface area contributed by atoms with Gasteiger partial charge in [0.1, 0.15) is 0 Å². The number of likely N-dealkylation sites (tertiary alicyclic amines) is 1. The van der Waals surface area contributed by atoms with Crippen molar-refractivity contribution in [3.05, 3.63) is 0 Å². The molecule has 3 unspecified atom stereocenters. The Labute approximate surface area is 110 Å². The summed E-state index contributed by atoms with van der Waals surface area (Å²) in [6.45, 7) is 6.84. The summed E-state index contributed by atoms with van der Waals surface area (Å²) in [4.78, 5) is 6.62. The molecule has 1 saturated carbocycles. The number of nitrogens with two attached hydrogens (primary N) is 1. The van der Waals surface area contributed by atoms with Crippen LogP contribution in [0.3, 0.4) is 0 Å². The number of aliphatic hydroxyl groups is 1. The van der Waals surface area contributed by atoms with E-state index in [1.165, 1.54) is 12.8 Å². The Kier molecular flexibility index (Phi) is 4.15. The van der Waals surface area contributed by atoms with E-state index < -0.39 is 5.60 Å². The van der Waals surface area contributed by atoms with Crippen LogP contribution in [0.5, 0.6) is 0 Å². The van der Waals surface area contributed by atoms with Crippen LogP contribution in [0.2, 0.25) is 0 Å². The third-order valence-electron chi connectivity index (χ3n) is 4.66. The zero-order valence-electron chi connectivity index (χ0n) is 11.7. The van der Waals surface area contributed by atoms with Crippen LogP contribution in [0, 0.1) is 11.8 Å². The number of nitrogens with zero attached hydrogens (tertiary/aromatic N) is 2. The molecular weight excluding hydrogens is 226 g/mol. The summed E-state index contributed by atoms with van der Waals surface area (Å²) in [7, 11) is 0. The third-order valence-corrected chi connectivity index (χ3v) is 4.66. The highest BCUT2D eigenvalue weighted by molar-refractivity contribution is 5.78. The van der Waals surface area contributed by atoms with Gasteiger partial charge in [-0.05, 0) is 37.5 Å². The minimum Gasteiger partial charge on any atom is -0.388 e. The minimum atomic E-state index is -0.619. The van der Waals surface area contributed by atoms with Gasteiger partial charge in [-0.2, -0.15) is 0 Å². The summed E-state index contributed by atoms with van der Waals surface area (Å²) in [6.07, 6.45) is 5.55. The van der Waals surface area contributed by atoms with E-state index >= 15 is 0 Å². The highest BCUT2D eigenvalue weighted by atomic mass is 16.3. The first-order chi connectivity index (χ1) is 8.51. The zero-order valence-corrected chi connectivity index (χ0v) is 11.7. The molecule has 0 radical (unpaired) electrons. The van der Waals surface area contributed by atoms with E-state index in [1.807, 2.05) is 0 Å². The quantitative estimate of drug-likeness (QED) is 0.580. The molecule has 0 amide bonds. The number of piperidine rings is 1. The highest BCUT2D eigenvalue weighted by Crippen LogP contribution is 2.35. The molecule has 104 valence electrons. The van der Waals surface area contributed by atoms with Crippen LogP contribution in [-0.2, 0) is 0 Å². The van der Waals surface area contributed by atoms with Crippen molar-refractivity contribution in [3.63, 3.8) is 0 Å². The Morgan fingerprint density at radius 1 is 1.39 bits per heavy atom. The van der Waals surface area contributed by atoms with Crippen LogP contribution < -0.4 is 5.73 Å². The molecule has 0 spiro atoms. The van der Waals surface area contributed by atoms with Gasteiger partial charge in [0.25, 0.3) is 0 Å². The Morgan fingerprint density at radius 3 is 2.78 bits per heavy atom. The van der Waals surface area contributed by atoms with Gasteiger partial charge < -0.3 is 15.7 Å². The normalized spacial score (nSPS) is 38.2. The van der Waals surface area contributed by atoms with Crippen LogP contribution >= 0.6 is 0 Å². The molecule has 3 atom stereocenters. The molecule has 0 aromatic heterocycles. The lowest BCUT2D eigenvalue weighted by atomic mass is 9.93. The van der Waals surface area contributed by atoms with Crippen molar-refractivity contribution in [2.24, 2.45) is 22.6 Å². The summed E-state index contributed by atoms with van der Waals surface area (Å²) in [5.74, 6) is 1.66. The van der Waals surface area contributed by atoms with E-state index in [4.69, 9.17) is 5.73 Å². The molecule has 0 aromatic rings. The number of hydrogen-bond donors (Lipinski definition) is 2. The SMILES string of the molecule is CC1CCCN(C(N)=NCC2(O)CCCC2C)C1. The molecule has 4 nitrogen and oxygen atoms in total. The van der Waals surface area contributed by atoms with Crippen molar-refractivity contribution < 1.29 is 5.11 Å². The van der Waals surface area contributed by atoms with Crippen molar-refractivity contribution in [1.29, 1.82) is 0 Å². The number of guanidine groups is 1. The van der Waals surface area contributed by atoms with E-state index in [-0.39, 0.29) is 0 Å². The van der Waals surface area contributed by atoms with Gasteiger partial charge in [0.15, 0.2) is 5.96 Å². The highest BCUT2D eigenvalue weighted by Gasteiger charge is 2.38. The fraction of sp³-hybridized carbons (Fsp3) is 0.929. The molecule has 2 fully saturated rings. The first-order valence-corrected chi connectivity index (χ1v) is 7.28. The average molecular weight is 253 g/mol. The second-order valence-electron chi connectivity index (χ2n) is 6.26. The van der Waals surface area contributed by atoms with Crippen molar-refractivity contribution in [1.82, 2.24) is 4.90 Å². The standard InChI is InChI=1S/C14H27N3O/c1-11-5-4-8-17(9-11)13(15)16-10-14(18)7-3-6-12(14)2/h11-12,18H,3-10H2,1-2H3,(H2,15,16). The molecule has 2 rings (SSSR count). The van der Waals surface area contributed by atoms with Crippen molar-refractivity contribution in [2.75, 3.05) is 19.6 Å². The Hall–Kier alpha value is -0.770. The van der Waals surface area contributed by atoms with Crippen molar-refractivity contribution >= 4 is 5.96 Å². The van der Waals surface area contributed by atoms with E-state index in [0.29, 0.717) is 24.3 Å².